The van der Waals surface area contributed by atoms with Gasteiger partial charge in [-0.25, -0.2) is 4.79 Å². The molecule has 0 aromatic heterocycles. The maximum atomic E-state index is 11.9. The van der Waals surface area contributed by atoms with Crippen molar-refractivity contribution < 1.29 is 4.79 Å². The molecule has 4 heteroatoms. The van der Waals surface area contributed by atoms with Crippen LogP contribution in [0.15, 0.2) is 49.6 Å². The number of nitrogens with zero attached hydrogens (tertiary/aromatic N) is 1. The average molecular weight is 279 g/mol. The third-order valence-corrected chi connectivity index (χ3v) is 2.98. The van der Waals surface area contributed by atoms with Crippen molar-refractivity contribution in [1.82, 2.24) is 10.2 Å². The van der Waals surface area contributed by atoms with E-state index < -0.39 is 0 Å². The Morgan fingerprint density at radius 3 is 2.47 bits per heavy atom. The molecular weight excluding hydrogens is 260 g/mol. The summed E-state index contributed by atoms with van der Waals surface area (Å²) < 4.78 is 0. The largest absolute Gasteiger partial charge is 0.338 e. The van der Waals surface area contributed by atoms with Crippen LogP contribution in [0.3, 0.4) is 0 Å². The molecule has 19 heavy (non-hydrogen) atoms. The number of hydrogen-bond acceptors (Lipinski definition) is 1. The van der Waals surface area contributed by atoms with Crippen LogP contribution in [0.1, 0.15) is 5.56 Å². The summed E-state index contributed by atoms with van der Waals surface area (Å²) in [5, 5.41) is 3.59. The second kappa shape index (κ2) is 8.38. The quantitative estimate of drug-likeness (QED) is 0.763. The van der Waals surface area contributed by atoms with E-state index in [2.05, 4.69) is 18.5 Å². The van der Waals surface area contributed by atoms with Gasteiger partial charge in [0.15, 0.2) is 0 Å². The van der Waals surface area contributed by atoms with Crippen LogP contribution in [-0.2, 0) is 6.42 Å². The lowest BCUT2D eigenvalue weighted by Crippen LogP contribution is -2.40. The van der Waals surface area contributed by atoms with Crippen LogP contribution in [0, 0.1) is 0 Å². The molecule has 0 bridgehead atoms. The molecule has 0 fully saturated rings. The average Bonchev–Trinajstić information content (AvgIpc) is 2.40. The van der Waals surface area contributed by atoms with Crippen LogP contribution in [0.25, 0.3) is 0 Å². The molecule has 0 saturated heterocycles. The highest BCUT2D eigenvalue weighted by molar-refractivity contribution is 6.31. The smallest absolute Gasteiger partial charge is 0.317 e. The Labute approximate surface area is 119 Å². The molecule has 1 aromatic carbocycles. The molecule has 0 heterocycles. The second-order valence-electron chi connectivity index (χ2n) is 4.06. The molecule has 0 radical (unpaired) electrons. The molecule has 0 aliphatic rings. The number of benzene rings is 1. The molecule has 0 unspecified atom stereocenters. The summed E-state index contributed by atoms with van der Waals surface area (Å²) >= 11 is 6.05. The van der Waals surface area contributed by atoms with Gasteiger partial charge in [0.2, 0.25) is 0 Å². The first kappa shape index (κ1) is 15.3. The minimum Gasteiger partial charge on any atom is -0.338 e. The lowest BCUT2D eigenvalue weighted by molar-refractivity contribution is 0.208. The second-order valence-corrected chi connectivity index (χ2v) is 4.46. The fourth-order valence-electron chi connectivity index (χ4n) is 1.67. The molecule has 0 saturated carbocycles. The van der Waals surface area contributed by atoms with E-state index >= 15 is 0 Å². The van der Waals surface area contributed by atoms with E-state index in [1.54, 1.807) is 17.1 Å². The maximum absolute atomic E-state index is 11.9. The molecule has 2 amide bonds. The number of carbonyl (C=O) groups is 1. The third-order valence-electron chi connectivity index (χ3n) is 2.61. The SMILES string of the molecule is C=CCN(CC=C)C(=O)NCCc1ccccc1Cl. The van der Waals surface area contributed by atoms with Gasteiger partial charge in [-0.15, -0.1) is 13.2 Å². The molecule has 1 N–H and O–H groups in total. The van der Waals surface area contributed by atoms with Gasteiger partial charge in [0.25, 0.3) is 0 Å². The molecule has 102 valence electrons. The zero-order chi connectivity index (χ0) is 14.1. The van der Waals surface area contributed by atoms with Gasteiger partial charge in [-0.2, -0.15) is 0 Å². The predicted octanol–water partition coefficient (Wildman–Crippen LogP) is 3.27. The van der Waals surface area contributed by atoms with Crippen molar-refractivity contribution in [3.05, 3.63) is 60.2 Å². The Balaban J connectivity index is 2.43. The number of carbonyl (C=O) groups excluding carboxylic acids is 1. The molecule has 0 spiro atoms. The maximum Gasteiger partial charge on any atom is 0.317 e. The zero-order valence-electron chi connectivity index (χ0n) is 10.9. The van der Waals surface area contributed by atoms with Crippen molar-refractivity contribution in [2.45, 2.75) is 6.42 Å². The minimum absolute atomic E-state index is 0.119. The van der Waals surface area contributed by atoms with Crippen molar-refractivity contribution in [3.63, 3.8) is 0 Å². The third kappa shape index (κ3) is 5.18. The number of hydrogen-bond donors (Lipinski definition) is 1. The Kier molecular flexibility index (Phi) is 6.75. The summed E-state index contributed by atoms with van der Waals surface area (Å²) in [6.07, 6.45) is 4.09. The summed E-state index contributed by atoms with van der Waals surface area (Å²) in [5.41, 5.74) is 1.03. The van der Waals surface area contributed by atoms with E-state index in [4.69, 9.17) is 11.6 Å². The van der Waals surface area contributed by atoms with Gasteiger partial charge in [-0.05, 0) is 18.1 Å². The minimum atomic E-state index is -0.119. The number of urea groups is 1. The molecule has 0 aliphatic carbocycles. The number of amides is 2. The van der Waals surface area contributed by atoms with Gasteiger partial charge in [0.05, 0.1) is 0 Å². The highest BCUT2D eigenvalue weighted by Gasteiger charge is 2.09. The van der Waals surface area contributed by atoms with Crippen LogP contribution in [0.4, 0.5) is 4.79 Å². The van der Waals surface area contributed by atoms with Gasteiger partial charge < -0.3 is 10.2 Å². The predicted molar refractivity (Wildman–Crippen MR) is 80.5 cm³/mol. The Morgan fingerprint density at radius 1 is 1.26 bits per heavy atom. The summed E-state index contributed by atoms with van der Waals surface area (Å²) in [5.74, 6) is 0. The van der Waals surface area contributed by atoms with Gasteiger partial charge in [-0.1, -0.05) is 42.0 Å². The number of rotatable bonds is 7. The van der Waals surface area contributed by atoms with E-state index in [0.29, 0.717) is 26.1 Å². The molecule has 0 atom stereocenters. The summed E-state index contributed by atoms with van der Waals surface area (Å²) in [7, 11) is 0. The fraction of sp³-hybridized carbons (Fsp3) is 0.267. The van der Waals surface area contributed by atoms with E-state index in [9.17, 15) is 4.79 Å². The topological polar surface area (TPSA) is 32.3 Å². The van der Waals surface area contributed by atoms with Gasteiger partial charge in [-0.3, -0.25) is 0 Å². The molecule has 0 aliphatic heterocycles. The van der Waals surface area contributed by atoms with Gasteiger partial charge >= 0.3 is 6.03 Å². The van der Waals surface area contributed by atoms with Crippen LogP contribution in [0.5, 0.6) is 0 Å². The highest BCUT2D eigenvalue weighted by atomic mass is 35.5. The monoisotopic (exact) mass is 278 g/mol. The van der Waals surface area contributed by atoms with E-state index in [0.717, 1.165) is 10.6 Å². The number of nitrogens with one attached hydrogen (secondary N) is 1. The summed E-state index contributed by atoms with van der Waals surface area (Å²) in [6.45, 7) is 8.82. The van der Waals surface area contributed by atoms with Crippen LogP contribution < -0.4 is 5.32 Å². The van der Waals surface area contributed by atoms with E-state index in [-0.39, 0.29) is 6.03 Å². The van der Waals surface area contributed by atoms with Crippen LogP contribution in [0.2, 0.25) is 5.02 Å². The molecule has 3 nitrogen and oxygen atoms in total. The van der Waals surface area contributed by atoms with Crippen molar-refractivity contribution in [2.24, 2.45) is 0 Å². The zero-order valence-corrected chi connectivity index (χ0v) is 11.7. The summed E-state index contributed by atoms with van der Waals surface area (Å²) in [4.78, 5) is 13.5. The molecule has 1 rings (SSSR count). The lowest BCUT2D eigenvalue weighted by atomic mass is 10.1. The Hall–Kier alpha value is -1.74. The first-order valence-electron chi connectivity index (χ1n) is 6.17. The van der Waals surface area contributed by atoms with Crippen LogP contribution >= 0.6 is 11.6 Å². The van der Waals surface area contributed by atoms with Crippen molar-refractivity contribution in [3.8, 4) is 0 Å². The van der Waals surface area contributed by atoms with Gasteiger partial charge in [0, 0.05) is 24.7 Å². The normalized spacial score (nSPS) is 9.74. The first-order chi connectivity index (χ1) is 9.19. The Bertz CT molecular complexity index is 436. The van der Waals surface area contributed by atoms with E-state index in [1.807, 2.05) is 24.3 Å². The van der Waals surface area contributed by atoms with Crippen LogP contribution in [-0.4, -0.2) is 30.6 Å². The van der Waals surface area contributed by atoms with Crippen molar-refractivity contribution in [1.29, 1.82) is 0 Å². The summed E-state index contributed by atoms with van der Waals surface area (Å²) in [6, 6.07) is 7.51. The fourth-order valence-corrected chi connectivity index (χ4v) is 1.90. The highest BCUT2D eigenvalue weighted by Crippen LogP contribution is 2.14. The standard InChI is InChI=1S/C15H19ClN2O/c1-3-11-18(12-4-2)15(19)17-10-9-13-7-5-6-8-14(13)16/h3-8H,1-2,9-12H2,(H,17,19). The van der Waals surface area contributed by atoms with Crippen molar-refractivity contribution >= 4 is 17.6 Å². The number of halogens is 1. The van der Waals surface area contributed by atoms with E-state index in [1.165, 1.54) is 0 Å². The Morgan fingerprint density at radius 2 is 1.89 bits per heavy atom. The molecular formula is C15H19ClN2O. The van der Waals surface area contributed by atoms with Gasteiger partial charge in [0.1, 0.15) is 0 Å². The molecule has 1 aromatic rings. The van der Waals surface area contributed by atoms with Crippen molar-refractivity contribution in [2.75, 3.05) is 19.6 Å². The first-order valence-corrected chi connectivity index (χ1v) is 6.54. The lowest BCUT2D eigenvalue weighted by Gasteiger charge is -2.19.